The molecule has 31 heavy (non-hydrogen) atoms. The van der Waals surface area contributed by atoms with Crippen molar-refractivity contribution < 1.29 is 9.59 Å². The standard InChI is InChI=1S/C25H28N4O2/c30-24(15-16-26-25(31)17-19-9-3-1-4-10-19)27-23-18-22(20-11-7-8-12-20)28-29(23)21-13-5-2-6-14-21/h1-6,9-10,13-14,18,20H,7-8,11-12,15-17H2,(H,26,31)(H,27,30). The van der Waals surface area contributed by atoms with E-state index in [0.717, 1.165) is 29.8 Å². The van der Waals surface area contributed by atoms with Crippen molar-refractivity contribution in [2.45, 2.75) is 44.4 Å². The second-order valence-electron chi connectivity index (χ2n) is 7.99. The maximum absolute atomic E-state index is 12.6. The molecule has 1 aliphatic carbocycles. The van der Waals surface area contributed by atoms with E-state index < -0.39 is 0 Å². The summed E-state index contributed by atoms with van der Waals surface area (Å²) in [5.41, 5.74) is 2.90. The summed E-state index contributed by atoms with van der Waals surface area (Å²) >= 11 is 0. The van der Waals surface area contributed by atoms with Gasteiger partial charge in [0, 0.05) is 24.9 Å². The number of nitrogens with one attached hydrogen (secondary N) is 2. The van der Waals surface area contributed by atoms with Gasteiger partial charge in [-0.25, -0.2) is 4.68 Å². The number of nitrogens with zero attached hydrogens (tertiary/aromatic N) is 2. The lowest BCUT2D eigenvalue weighted by molar-refractivity contribution is -0.120. The highest BCUT2D eigenvalue weighted by molar-refractivity contribution is 5.90. The molecule has 1 fully saturated rings. The summed E-state index contributed by atoms with van der Waals surface area (Å²) in [6.45, 7) is 0.298. The fourth-order valence-electron chi connectivity index (χ4n) is 4.04. The number of benzene rings is 2. The number of para-hydroxylation sites is 1. The first-order valence-corrected chi connectivity index (χ1v) is 10.9. The van der Waals surface area contributed by atoms with Crippen LogP contribution in [0.3, 0.4) is 0 Å². The van der Waals surface area contributed by atoms with Crippen molar-refractivity contribution in [1.82, 2.24) is 15.1 Å². The SMILES string of the molecule is O=C(Cc1ccccc1)NCCC(=O)Nc1cc(C2CCCC2)nn1-c1ccccc1. The van der Waals surface area contributed by atoms with Crippen molar-refractivity contribution in [1.29, 1.82) is 0 Å². The molecule has 0 bridgehead atoms. The number of hydrogen-bond donors (Lipinski definition) is 2. The van der Waals surface area contributed by atoms with Gasteiger partial charge in [0.2, 0.25) is 11.8 Å². The van der Waals surface area contributed by atoms with Crippen molar-refractivity contribution >= 4 is 17.6 Å². The Morgan fingerprint density at radius 2 is 1.61 bits per heavy atom. The zero-order valence-corrected chi connectivity index (χ0v) is 17.6. The number of aromatic nitrogens is 2. The summed E-state index contributed by atoms with van der Waals surface area (Å²) in [4.78, 5) is 24.6. The first-order valence-electron chi connectivity index (χ1n) is 10.9. The molecule has 160 valence electrons. The molecule has 6 nitrogen and oxygen atoms in total. The highest BCUT2D eigenvalue weighted by atomic mass is 16.2. The molecule has 0 unspecified atom stereocenters. The summed E-state index contributed by atoms with van der Waals surface area (Å²) in [6.07, 6.45) is 5.27. The Balaban J connectivity index is 1.36. The van der Waals surface area contributed by atoms with E-state index in [2.05, 4.69) is 10.6 Å². The van der Waals surface area contributed by atoms with Crippen LogP contribution >= 0.6 is 0 Å². The Morgan fingerprint density at radius 1 is 0.935 bits per heavy atom. The van der Waals surface area contributed by atoms with E-state index in [4.69, 9.17) is 5.10 Å². The summed E-state index contributed by atoms with van der Waals surface area (Å²) in [6, 6.07) is 21.4. The number of carbonyl (C=O) groups is 2. The number of anilines is 1. The highest BCUT2D eigenvalue weighted by Crippen LogP contribution is 2.35. The fraction of sp³-hybridized carbons (Fsp3) is 0.320. The zero-order chi connectivity index (χ0) is 21.5. The quantitative estimate of drug-likeness (QED) is 0.577. The molecule has 1 aliphatic rings. The van der Waals surface area contributed by atoms with Gasteiger partial charge in [0.1, 0.15) is 5.82 Å². The van der Waals surface area contributed by atoms with Gasteiger partial charge in [-0.1, -0.05) is 61.4 Å². The van der Waals surface area contributed by atoms with Gasteiger partial charge in [-0.15, -0.1) is 0 Å². The molecule has 6 heteroatoms. The van der Waals surface area contributed by atoms with Crippen molar-refractivity contribution in [2.75, 3.05) is 11.9 Å². The van der Waals surface area contributed by atoms with Crippen LogP contribution in [0.4, 0.5) is 5.82 Å². The minimum Gasteiger partial charge on any atom is -0.355 e. The summed E-state index contributed by atoms with van der Waals surface area (Å²) < 4.78 is 1.81. The van der Waals surface area contributed by atoms with Crippen LogP contribution in [0.1, 0.15) is 49.3 Å². The largest absolute Gasteiger partial charge is 0.355 e. The van der Waals surface area contributed by atoms with Crippen LogP contribution in [0.25, 0.3) is 5.69 Å². The molecule has 0 spiro atoms. The summed E-state index contributed by atoms with van der Waals surface area (Å²) in [7, 11) is 0. The van der Waals surface area contributed by atoms with E-state index in [-0.39, 0.29) is 18.2 Å². The smallest absolute Gasteiger partial charge is 0.227 e. The van der Waals surface area contributed by atoms with E-state index in [0.29, 0.717) is 24.7 Å². The van der Waals surface area contributed by atoms with E-state index in [1.807, 2.05) is 66.7 Å². The van der Waals surface area contributed by atoms with Crippen LogP contribution in [0.2, 0.25) is 0 Å². The van der Waals surface area contributed by atoms with E-state index >= 15 is 0 Å². The Labute approximate surface area is 182 Å². The predicted octanol–water partition coefficient (Wildman–Crippen LogP) is 4.22. The van der Waals surface area contributed by atoms with Gasteiger partial charge in [0.15, 0.2) is 0 Å². The van der Waals surface area contributed by atoms with Gasteiger partial charge in [0.05, 0.1) is 17.8 Å². The van der Waals surface area contributed by atoms with E-state index in [9.17, 15) is 9.59 Å². The lowest BCUT2D eigenvalue weighted by Gasteiger charge is -2.09. The highest BCUT2D eigenvalue weighted by Gasteiger charge is 2.22. The molecular weight excluding hydrogens is 388 g/mol. The van der Waals surface area contributed by atoms with Crippen LogP contribution < -0.4 is 10.6 Å². The monoisotopic (exact) mass is 416 g/mol. The number of rotatable bonds is 8. The molecule has 1 saturated carbocycles. The molecule has 2 amide bonds. The van der Waals surface area contributed by atoms with Crippen molar-refractivity contribution in [3.05, 3.63) is 78.0 Å². The molecule has 0 atom stereocenters. The second-order valence-corrected chi connectivity index (χ2v) is 7.99. The lowest BCUT2D eigenvalue weighted by Crippen LogP contribution is -2.29. The molecule has 4 rings (SSSR count). The molecular formula is C25H28N4O2. The van der Waals surface area contributed by atoms with Crippen molar-refractivity contribution in [2.24, 2.45) is 0 Å². The first-order chi connectivity index (χ1) is 15.2. The molecule has 0 saturated heterocycles. The fourth-order valence-corrected chi connectivity index (χ4v) is 4.04. The third kappa shape index (κ3) is 5.60. The summed E-state index contributed by atoms with van der Waals surface area (Å²) in [5, 5.41) is 10.6. The second kappa shape index (κ2) is 10.1. The van der Waals surface area contributed by atoms with E-state index in [1.165, 1.54) is 12.8 Å². The molecule has 0 radical (unpaired) electrons. The Kier molecular flexibility index (Phi) is 6.77. The minimum absolute atomic E-state index is 0.0863. The number of hydrogen-bond acceptors (Lipinski definition) is 3. The van der Waals surface area contributed by atoms with Crippen molar-refractivity contribution in [3.63, 3.8) is 0 Å². The zero-order valence-electron chi connectivity index (χ0n) is 17.6. The summed E-state index contributed by atoms with van der Waals surface area (Å²) in [5.74, 6) is 0.901. The van der Waals surface area contributed by atoms with Crippen LogP contribution in [0.5, 0.6) is 0 Å². The predicted molar refractivity (Wildman–Crippen MR) is 121 cm³/mol. The van der Waals surface area contributed by atoms with Crippen LogP contribution in [0.15, 0.2) is 66.7 Å². The minimum atomic E-state index is -0.143. The van der Waals surface area contributed by atoms with Gasteiger partial charge in [0.25, 0.3) is 0 Å². The topological polar surface area (TPSA) is 76.0 Å². The molecule has 3 aromatic rings. The van der Waals surface area contributed by atoms with Gasteiger partial charge < -0.3 is 10.6 Å². The van der Waals surface area contributed by atoms with Crippen LogP contribution in [-0.4, -0.2) is 28.1 Å². The number of amides is 2. The first kappa shape index (κ1) is 20.8. The van der Waals surface area contributed by atoms with Gasteiger partial charge in [-0.05, 0) is 30.5 Å². The molecule has 2 N–H and O–H groups in total. The number of carbonyl (C=O) groups excluding carboxylic acids is 2. The Hall–Kier alpha value is -3.41. The molecule has 2 aromatic carbocycles. The third-order valence-corrected chi connectivity index (χ3v) is 5.65. The average molecular weight is 417 g/mol. The molecule has 1 heterocycles. The molecule has 0 aliphatic heterocycles. The lowest BCUT2D eigenvalue weighted by atomic mass is 10.0. The molecule has 1 aromatic heterocycles. The van der Waals surface area contributed by atoms with Gasteiger partial charge in [-0.2, -0.15) is 5.10 Å². The average Bonchev–Trinajstić information content (AvgIpc) is 3.45. The van der Waals surface area contributed by atoms with Gasteiger partial charge in [-0.3, -0.25) is 9.59 Å². The Morgan fingerprint density at radius 3 is 2.32 bits per heavy atom. The maximum Gasteiger partial charge on any atom is 0.227 e. The van der Waals surface area contributed by atoms with Crippen molar-refractivity contribution in [3.8, 4) is 5.69 Å². The van der Waals surface area contributed by atoms with Crippen LogP contribution in [0, 0.1) is 0 Å². The van der Waals surface area contributed by atoms with Gasteiger partial charge >= 0.3 is 0 Å². The van der Waals surface area contributed by atoms with E-state index in [1.54, 1.807) is 4.68 Å². The Bertz CT molecular complexity index is 1010. The van der Waals surface area contributed by atoms with Crippen LogP contribution in [-0.2, 0) is 16.0 Å². The maximum atomic E-state index is 12.6. The normalized spacial score (nSPS) is 13.8. The third-order valence-electron chi connectivity index (χ3n) is 5.65.